The van der Waals surface area contributed by atoms with Gasteiger partial charge in [0, 0.05) is 18.2 Å². The fraction of sp³-hybridized carbons (Fsp3) is 0.188. The second-order valence-corrected chi connectivity index (χ2v) is 4.76. The van der Waals surface area contributed by atoms with Gasteiger partial charge in [0.05, 0.1) is 5.56 Å². The van der Waals surface area contributed by atoms with Gasteiger partial charge in [-0.15, -0.1) is 0 Å². The van der Waals surface area contributed by atoms with Crippen LogP contribution in [0, 0.1) is 6.42 Å². The quantitative estimate of drug-likeness (QED) is 0.911. The molecule has 0 spiro atoms. The second-order valence-electron chi connectivity index (χ2n) is 4.76. The number of aromatic nitrogens is 1. The standard InChI is InChI=1S/C16H14F3N2O2/c17-16(18,19)12-9-7-11(8-10-12)3-1-4-13-5-2-6-14(21-13)23-15(20)22/h2,4-10H,1,3H2,(H2,20,22). The van der Waals surface area contributed by atoms with Gasteiger partial charge in [-0.2, -0.15) is 13.2 Å². The van der Waals surface area contributed by atoms with Crippen LogP contribution >= 0.6 is 0 Å². The van der Waals surface area contributed by atoms with Gasteiger partial charge in [0.2, 0.25) is 5.88 Å². The van der Waals surface area contributed by atoms with E-state index in [0.29, 0.717) is 18.5 Å². The van der Waals surface area contributed by atoms with E-state index in [1.54, 1.807) is 18.6 Å². The molecule has 2 N–H and O–H groups in total. The number of aryl methyl sites for hydroxylation is 1. The highest BCUT2D eigenvalue weighted by molar-refractivity contribution is 5.67. The van der Waals surface area contributed by atoms with Crippen molar-refractivity contribution < 1.29 is 22.7 Å². The van der Waals surface area contributed by atoms with Crippen LogP contribution in [0.2, 0.25) is 0 Å². The zero-order valence-electron chi connectivity index (χ0n) is 12.0. The maximum Gasteiger partial charge on any atom is 0.416 e. The predicted octanol–water partition coefficient (Wildman–Crippen LogP) is 3.74. The average molecular weight is 323 g/mol. The number of alkyl halides is 3. The van der Waals surface area contributed by atoms with Gasteiger partial charge in [0.25, 0.3) is 0 Å². The highest BCUT2D eigenvalue weighted by atomic mass is 19.4. The molecule has 0 saturated heterocycles. The summed E-state index contributed by atoms with van der Waals surface area (Å²) in [6.45, 7) is 0. The molecule has 1 aromatic carbocycles. The maximum atomic E-state index is 12.5. The molecule has 1 heterocycles. The first-order valence-electron chi connectivity index (χ1n) is 6.78. The van der Waals surface area contributed by atoms with Crippen molar-refractivity contribution in [2.45, 2.75) is 19.0 Å². The summed E-state index contributed by atoms with van der Waals surface area (Å²) in [5.74, 6) is 0.0979. The summed E-state index contributed by atoms with van der Waals surface area (Å²) in [4.78, 5) is 14.7. The molecule has 4 nitrogen and oxygen atoms in total. The van der Waals surface area contributed by atoms with E-state index in [-0.39, 0.29) is 5.88 Å². The number of hydrogen-bond donors (Lipinski definition) is 1. The van der Waals surface area contributed by atoms with Crippen molar-refractivity contribution in [2.75, 3.05) is 0 Å². The van der Waals surface area contributed by atoms with Gasteiger partial charge < -0.3 is 10.5 Å². The van der Waals surface area contributed by atoms with Gasteiger partial charge in [0.1, 0.15) is 0 Å². The molecule has 1 aromatic heterocycles. The van der Waals surface area contributed by atoms with Crippen molar-refractivity contribution in [1.82, 2.24) is 4.98 Å². The second kappa shape index (κ2) is 7.13. The normalized spacial score (nSPS) is 11.3. The van der Waals surface area contributed by atoms with Crippen molar-refractivity contribution in [3.8, 4) is 5.88 Å². The average Bonchev–Trinajstić information content (AvgIpc) is 2.46. The number of carbonyl (C=O) groups is 1. The van der Waals surface area contributed by atoms with Gasteiger partial charge in [-0.1, -0.05) is 18.2 Å². The maximum absolute atomic E-state index is 12.5. The molecule has 1 radical (unpaired) electrons. The van der Waals surface area contributed by atoms with E-state index in [0.717, 1.165) is 17.7 Å². The van der Waals surface area contributed by atoms with Gasteiger partial charge in [-0.3, -0.25) is 0 Å². The van der Waals surface area contributed by atoms with Crippen LogP contribution < -0.4 is 10.5 Å². The highest BCUT2D eigenvalue weighted by Gasteiger charge is 2.29. The van der Waals surface area contributed by atoms with Gasteiger partial charge in [-0.25, -0.2) is 9.78 Å². The van der Waals surface area contributed by atoms with E-state index in [1.807, 2.05) is 0 Å². The topological polar surface area (TPSA) is 65.2 Å². The molecule has 2 aromatic rings. The summed E-state index contributed by atoms with van der Waals surface area (Å²) >= 11 is 0. The third-order valence-corrected chi connectivity index (χ3v) is 3.02. The lowest BCUT2D eigenvalue weighted by molar-refractivity contribution is -0.137. The Morgan fingerprint density at radius 2 is 1.87 bits per heavy atom. The number of primary amides is 1. The first-order chi connectivity index (χ1) is 10.8. The molecule has 23 heavy (non-hydrogen) atoms. The molecule has 0 fully saturated rings. The molecular weight excluding hydrogens is 309 g/mol. The van der Waals surface area contributed by atoms with E-state index in [1.165, 1.54) is 18.2 Å². The van der Waals surface area contributed by atoms with Crippen LogP contribution in [-0.2, 0) is 12.6 Å². The Labute approximate surface area is 131 Å². The van der Waals surface area contributed by atoms with E-state index in [2.05, 4.69) is 9.72 Å². The third-order valence-electron chi connectivity index (χ3n) is 3.02. The van der Waals surface area contributed by atoms with Crippen LogP contribution in [0.4, 0.5) is 18.0 Å². The van der Waals surface area contributed by atoms with Crippen molar-refractivity contribution in [3.05, 3.63) is 65.7 Å². The number of nitrogens with two attached hydrogens (primary N) is 1. The number of benzene rings is 1. The number of carbonyl (C=O) groups excluding carboxylic acids is 1. The molecule has 0 aliphatic carbocycles. The summed E-state index contributed by atoms with van der Waals surface area (Å²) in [5.41, 5.74) is 5.62. The Hall–Kier alpha value is -2.57. The summed E-state index contributed by atoms with van der Waals surface area (Å²) in [5, 5.41) is 0. The molecule has 0 atom stereocenters. The van der Waals surface area contributed by atoms with Crippen LogP contribution in [-0.4, -0.2) is 11.1 Å². The lowest BCUT2D eigenvalue weighted by atomic mass is 10.0. The first kappa shape index (κ1) is 16.8. The number of amides is 1. The van der Waals surface area contributed by atoms with E-state index < -0.39 is 17.8 Å². The zero-order valence-corrected chi connectivity index (χ0v) is 12.0. The summed E-state index contributed by atoms with van der Waals surface area (Å²) < 4.78 is 42.1. The summed E-state index contributed by atoms with van der Waals surface area (Å²) in [6.07, 6.45) is -2.32. The molecule has 0 aliphatic heterocycles. The molecule has 7 heteroatoms. The van der Waals surface area contributed by atoms with E-state index in [9.17, 15) is 18.0 Å². The first-order valence-corrected chi connectivity index (χ1v) is 6.78. The number of nitrogens with zero attached hydrogens (tertiary/aromatic N) is 1. The van der Waals surface area contributed by atoms with Crippen LogP contribution in [0.25, 0.3) is 0 Å². The van der Waals surface area contributed by atoms with Crippen LogP contribution in [0.5, 0.6) is 5.88 Å². The summed E-state index contributed by atoms with van der Waals surface area (Å²) in [6, 6.07) is 9.92. The smallest absolute Gasteiger partial charge is 0.391 e. The molecule has 0 aliphatic rings. The molecule has 0 unspecified atom stereocenters. The molecule has 0 bridgehead atoms. The van der Waals surface area contributed by atoms with Crippen LogP contribution in [0.1, 0.15) is 23.2 Å². The Morgan fingerprint density at radius 3 is 2.48 bits per heavy atom. The van der Waals surface area contributed by atoms with Crippen molar-refractivity contribution in [3.63, 3.8) is 0 Å². The molecule has 121 valence electrons. The third kappa shape index (κ3) is 5.28. The zero-order chi connectivity index (χ0) is 16.9. The molecular formula is C16H14F3N2O2. The Morgan fingerprint density at radius 1 is 1.17 bits per heavy atom. The number of hydrogen-bond acceptors (Lipinski definition) is 3. The minimum absolute atomic E-state index is 0.0979. The van der Waals surface area contributed by atoms with Crippen molar-refractivity contribution in [1.29, 1.82) is 0 Å². The van der Waals surface area contributed by atoms with Crippen molar-refractivity contribution >= 4 is 6.09 Å². The Balaban J connectivity index is 1.88. The number of ether oxygens (including phenoxy) is 1. The van der Waals surface area contributed by atoms with E-state index in [4.69, 9.17) is 5.73 Å². The van der Waals surface area contributed by atoms with Crippen LogP contribution in [0.15, 0.2) is 42.5 Å². The monoisotopic (exact) mass is 323 g/mol. The predicted molar refractivity (Wildman–Crippen MR) is 77.6 cm³/mol. The molecule has 0 saturated carbocycles. The van der Waals surface area contributed by atoms with Crippen LogP contribution in [0.3, 0.4) is 0 Å². The minimum Gasteiger partial charge on any atom is -0.391 e. The minimum atomic E-state index is -4.32. The molecule has 1 amide bonds. The molecule has 2 rings (SSSR count). The van der Waals surface area contributed by atoms with Gasteiger partial charge in [0.15, 0.2) is 0 Å². The lowest BCUT2D eigenvalue weighted by Crippen LogP contribution is -2.17. The largest absolute Gasteiger partial charge is 0.416 e. The lowest BCUT2D eigenvalue weighted by Gasteiger charge is -2.07. The van der Waals surface area contributed by atoms with Gasteiger partial charge >= 0.3 is 12.3 Å². The fourth-order valence-corrected chi connectivity index (χ4v) is 1.95. The highest BCUT2D eigenvalue weighted by Crippen LogP contribution is 2.29. The number of halogens is 3. The number of pyridine rings is 1. The van der Waals surface area contributed by atoms with Crippen molar-refractivity contribution in [2.24, 2.45) is 5.73 Å². The summed E-state index contributed by atoms with van der Waals surface area (Å²) in [7, 11) is 0. The fourth-order valence-electron chi connectivity index (χ4n) is 1.95. The number of rotatable bonds is 5. The van der Waals surface area contributed by atoms with E-state index >= 15 is 0 Å². The Bertz CT molecular complexity index is 670. The van der Waals surface area contributed by atoms with Gasteiger partial charge in [-0.05, 0) is 36.6 Å². The Kier molecular flexibility index (Phi) is 5.20. The SMILES string of the molecule is NC(=O)Oc1cccc([CH]CCc2ccc(C(F)(F)F)cc2)n1.